The third-order valence-electron chi connectivity index (χ3n) is 4.12. The van der Waals surface area contributed by atoms with Crippen LogP contribution in [0, 0.1) is 11.6 Å². The molecule has 0 amide bonds. The molecule has 0 atom stereocenters. The number of hydrogen-bond donors (Lipinski definition) is 0. The maximum Gasteiger partial charge on any atom is 0.343 e. The topological polar surface area (TPSA) is 52.3 Å². The van der Waals surface area contributed by atoms with Gasteiger partial charge in [0.1, 0.15) is 17.4 Å². The highest BCUT2D eigenvalue weighted by molar-refractivity contribution is 5.91. The molecule has 3 aromatic carbocycles. The van der Waals surface area contributed by atoms with E-state index >= 15 is 0 Å². The second-order valence-electron chi connectivity index (χ2n) is 5.95. The second-order valence-corrected chi connectivity index (χ2v) is 5.95. The van der Waals surface area contributed by atoms with Gasteiger partial charge in [-0.05, 0) is 48.0 Å². The van der Waals surface area contributed by atoms with Crippen LogP contribution < -0.4 is 4.74 Å². The Labute approximate surface area is 153 Å². The second kappa shape index (κ2) is 6.99. The summed E-state index contributed by atoms with van der Waals surface area (Å²) in [6.45, 7) is 0. The Morgan fingerprint density at radius 3 is 2.56 bits per heavy atom. The van der Waals surface area contributed by atoms with Crippen LogP contribution >= 0.6 is 0 Å². The van der Waals surface area contributed by atoms with Crippen LogP contribution in [0.1, 0.15) is 21.6 Å². The molecule has 4 aromatic rings. The van der Waals surface area contributed by atoms with Crippen molar-refractivity contribution >= 4 is 16.9 Å². The van der Waals surface area contributed by atoms with E-state index < -0.39 is 11.8 Å². The van der Waals surface area contributed by atoms with Crippen LogP contribution in [0.15, 0.2) is 71.3 Å². The van der Waals surface area contributed by atoms with Gasteiger partial charge in [-0.2, -0.15) is 0 Å². The Morgan fingerprint density at radius 2 is 1.78 bits per heavy atom. The molecule has 0 aliphatic heterocycles. The van der Waals surface area contributed by atoms with E-state index in [4.69, 9.17) is 9.26 Å². The van der Waals surface area contributed by atoms with Gasteiger partial charge in [0.05, 0.1) is 11.3 Å². The third kappa shape index (κ3) is 3.55. The summed E-state index contributed by atoms with van der Waals surface area (Å²) >= 11 is 0. The molecule has 0 aliphatic carbocycles. The molecule has 4 nitrogen and oxygen atoms in total. The number of ether oxygens (including phenoxy) is 1. The summed E-state index contributed by atoms with van der Waals surface area (Å²) in [5, 5.41) is 4.70. The number of fused-ring (bicyclic) bond motifs is 1. The summed E-state index contributed by atoms with van der Waals surface area (Å²) in [7, 11) is 0. The highest BCUT2D eigenvalue weighted by Crippen LogP contribution is 2.26. The largest absolute Gasteiger partial charge is 0.423 e. The van der Waals surface area contributed by atoms with E-state index in [1.54, 1.807) is 30.3 Å². The molecule has 0 fully saturated rings. The first-order chi connectivity index (χ1) is 13.1. The molecule has 0 saturated carbocycles. The first-order valence-corrected chi connectivity index (χ1v) is 8.19. The molecule has 1 aromatic heterocycles. The number of hydrogen-bond acceptors (Lipinski definition) is 4. The zero-order valence-electron chi connectivity index (χ0n) is 14.0. The molecule has 0 unspecified atom stereocenters. The number of rotatable bonds is 4. The number of esters is 1. The molecule has 4 rings (SSSR count). The van der Waals surface area contributed by atoms with Crippen molar-refractivity contribution in [1.29, 1.82) is 0 Å². The molecule has 0 saturated heterocycles. The molecule has 6 heteroatoms. The molecule has 0 aliphatic rings. The van der Waals surface area contributed by atoms with Gasteiger partial charge in [-0.15, -0.1) is 0 Å². The fourth-order valence-corrected chi connectivity index (χ4v) is 2.74. The first-order valence-electron chi connectivity index (χ1n) is 8.19. The standard InChI is InChI=1S/C21H13F2NO3/c22-15-7-5-13(6-8-15)21(25)26-16-9-10-17-19(24-27-20(17)12-16)11-14-3-1-2-4-18(14)23/h1-10,12H,11H2. The third-order valence-corrected chi connectivity index (χ3v) is 4.12. The van der Waals surface area contributed by atoms with Crippen molar-refractivity contribution in [3.05, 3.63) is 95.2 Å². The van der Waals surface area contributed by atoms with E-state index in [0.717, 1.165) is 0 Å². The average molecular weight is 365 g/mol. The Kier molecular flexibility index (Phi) is 4.38. The number of benzene rings is 3. The predicted octanol–water partition coefficient (Wildman–Crippen LogP) is 4.92. The van der Waals surface area contributed by atoms with Gasteiger partial charge in [0.25, 0.3) is 0 Å². The molecule has 0 N–H and O–H groups in total. The number of carbonyl (C=O) groups is 1. The molecule has 134 valence electrons. The normalized spacial score (nSPS) is 10.9. The molecule has 0 bridgehead atoms. The van der Waals surface area contributed by atoms with Crippen LogP contribution in [-0.2, 0) is 6.42 Å². The van der Waals surface area contributed by atoms with Crippen molar-refractivity contribution in [3.8, 4) is 5.75 Å². The maximum atomic E-state index is 13.8. The van der Waals surface area contributed by atoms with Crippen LogP contribution in [-0.4, -0.2) is 11.1 Å². The summed E-state index contributed by atoms with van der Waals surface area (Å²) in [6, 6.07) is 16.4. The lowest BCUT2D eigenvalue weighted by Crippen LogP contribution is -2.08. The Bertz CT molecular complexity index is 1120. The first kappa shape index (κ1) is 16.9. The Balaban J connectivity index is 1.56. The molecule has 27 heavy (non-hydrogen) atoms. The Morgan fingerprint density at radius 1 is 1.00 bits per heavy atom. The van der Waals surface area contributed by atoms with Gasteiger partial charge >= 0.3 is 5.97 Å². The summed E-state index contributed by atoms with van der Waals surface area (Å²) in [4.78, 5) is 12.1. The van der Waals surface area contributed by atoms with Gasteiger partial charge in [-0.3, -0.25) is 0 Å². The van der Waals surface area contributed by atoms with Gasteiger partial charge in [0, 0.05) is 17.9 Å². The smallest absolute Gasteiger partial charge is 0.343 e. The van der Waals surface area contributed by atoms with E-state index in [9.17, 15) is 13.6 Å². The monoisotopic (exact) mass is 365 g/mol. The fraction of sp³-hybridized carbons (Fsp3) is 0.0476. The minimum Gasteiger partial charge on any atom is -0.423 e. The van der Waals surface area contributed by atoms with Crippen molar-refractivity contribution < 1.29 is 22.8 Å². The SMILES string of the molecule is O=C(Oc1ccc2c(Cc3ccccc3F)noc2c1)c1ccc(F)cc1. The zero-order valence-corrected chi connectivity index (χ0v) is 14.0. The van der Waals surface area contributed by atoms with Gasteiger partial charge in [0.15, 0.2) is 5.58 Å². The summed E-state index contributed by atoms with van der Waals surface area (Å²) in [5.74, 6) is -1.08. The molecule has 1 heterocycles. The number of carbonyl (C=O) groups excluding carboxylic acids is 1. The number of aromatic nitrogens is 1. The number of nitrogens with zero attached hydrogens (tertiary/aromatic N) is 1. The van der Waals surface area contributed by atoms with Gasteiger partial charge in [0.2, 0.25) is 0 Å². The van der Waals surface area contributed by atoms with E-state index in [-0.39, 0.29) is 23.6 Å². The van der Waals surface area contributed by atoms with Gasteiger partial charge < -0.3 is 9.26 Å². The van der Waals surface area contributed by atoms with E-state index in [1.165, 1.54) is 36.4 Å². The minimum absolute atomic E-state index is 0.231. The van der Waals surface area contributed by atoms with Gasteiger partial charge in [-0.25, -0.2) is 13.6 Å². The van der Waals surface area contributed by atoms with Crippen LogP contribution in [0.2, 0.25) is 0 Å². The van der Waals surface area contributed by atoms with Crippen LogP contribution in [0.25, 0.3) is 11.0 Å². The van der Waals surface area contributed by atoms with Crippen molar-refractivity contribution in [2.45, 2.75) is 6.42 Å². The van der Waals surface area contributed by atoms with E-state index in [2.05, 4.69) is 5.16 Å². The van der Waals surface area contributed by atoms with Crippen LogP contribution in [0.3, 0.4) is 0 Å². The van der Waals surface area contributed by atoms with Crippen molar-refractivity contribution in [1.82, 2.24) is 5.16 Å². The molecule has 0 radical (unpaired) electrons. The lowest BCUT2D eigenvalue weighted by Gasteiger charge is -2.04. The van der Waals surface area contributed by atoms with Gasteiger partial charge in [-0.1, -0.05) is 23.4 Å². The van der Waals surface area contributed by atoms with Crippen LogP contribution in [0.5, 0.6) is 5.75 Å². The van der Waals surface area contributed by atoms with Crippen molar-refractivity contribution in [3.63, 3.8) is 0 Å². The molecular weight excluding hydrogens is 352 g/mol. The lowest BCUT2D eigenvalue weighted by atomic mass is 10.1. The average Bonchev–Trinajstić information content (AvgIpc) is 3.06. The van der Waals surface area contributed by atoms with Crippen LogP contribution in [0.4, 0.5) is 8.78 Å². The lowest BCUT2D eigenvalue weighted by molar-refractivity contribution is 0.0735. The fourth-order valence-electron chi connectivity index (χ4n) is 2.74. The van der Waals surface area contributed by atoms with Crippen molar-refractivity contribution in [2.24, 2.45) is 0 Å². The molecule has 0 spiro atoms. The quantitative estimate of drug-likeness (QED) is 0.381. The van der Waals surface area contributed by atoms with E-state index in [0.29, 0.717) is 22.2 Å². The minimum atomic E-state index is -0.611. The highest BCUT2D eigenvalue weighted by Gasteiger charge is 2.14. The Hall–Kier alpha value is -3.54. The predicted molar refractivity (Wildman–Crippen MR) is 94.6 cm³/mol. The number of halogens is 2. The summed E-state index contributed by atoms with van der Waals surface area (Å²) < 4.78 is 37.4. The molecular formula is C21H13F2NO3. The summed E-state index contributed by atoms with van der Waals surface area (Å²) in [6.07, 6.45) is 0.286. The zero-order chi connectivity index (χ0) is 18.8. The summed E-state index contributed by atoms with van der Waals surface area (Å²) in [5.41, 5.74) is 1.76. The van der Waals surface area contributed by atoms with E-state index in [1.807, 2.05) is 0 Å². The highest BCUT2D eigenvalue weighted by atomic mass is 19.1. The van der Waals surface area contributed by atoms with Crippen molar-refractivity contribution in [2.75, 3.05) is 0 Å². The maximum absolute atomic E-state index is 13.8.